The van der Waals surface area contributed by atoms with Crippen LogP contribution in [0.4, 0.5) is 9.52 Å². The van der Waals surface area contributed by atoms with E-state index in [1.54, 1.807) is 19.1 Å². The van der Waals surface area contributed by atoms with E-state index in [4.69, 9.17) is 16.3 Å². The highest BCUT2D eigenvalue weighted by Gasteiger charge is 2.20. The molecule has 0 aliphatic rings. The van der Waals surface area contributed by atoms with Crippen molar-refractivity contribution < 1.29 is 13.9 Å². The third-order valence-corrected chi connectivity index (χ3v) is 4.43. The molecule has 0 aliphatic heterocycles. The minimum Gasteiger partial charge on any atom is -0.472 e. The van der Waals surface area contributed by atoms with Gasteiger partial charge in [-0.2, -0.15) is 0 Å². The minimum atomic E-state index is -0.523. The van der Waals surface area contributed by atoms with Crippen molar-refractivity contribution in [2.24, 2.45) is 0 Å². The molecule has 0 unspecified atom stereocenters. The van der Waals surface area contributed by atoms with Gasteiger partial charge in [0.2, 0.25) is 5.13 Å². The second-order valence-corrected chi connectivity index (χ2v) is 6.35. The quantitative estimate of drug-likeness (QED) is 0.743. The van der Waals surface area contributed by atoms with Gasteiger partial charge in [0.05, 0.1) is 17.7 Å². The van der Waals surface area contributed by atoms with Gasteiger partial charge in [0.15, 0.2) is 0 Å². The van der Waals surface area contributed by atoms with Crippen molar-refractivity contribution in [2.45, 2.75) is 6.92 Å². The topological polar surface area (TPSA) is 77.0 Å². The molecule has 0 spiro atoms. The van der Waals surface area contributed by atoms with Gasteiger partial charge in [-0.25, -0.2) is 4.39 Å². The summed E-state index contributed by atoms with van der Waals surface area (Å²) in [5.74, 6) is -1.02. The summed E-state index contributed by atoms with van der Waals surface area (Å²) in [5.41, 5.74) is 1.30. The molecule has 0 bridgehead atoms. The van der Waals surface area contributed by atoms with Crippen LogP contribution in [0.2, 0.25) is 5.02 Å². The summed E-state index contributed by atoms with van der Waals surface area (Å²) in [6.45, 7) is 1.75. The Labute approximate surface area is 151 Å². The summed E-state index contributed by atoms with van der Waals surface area (Å²) in [4.78, 5) is 16.7. The van der Waals surface area contributed by atoms with E-state index in [9.17, 15) is 9.18 Å². The molecule has 0 aliphatic carbocycles. The molecule has 1 N–H and O–H groups in total. The Morgan fingerprint density at radius 1 is 1.36 bits per heavy atom. The summed E-state index contributed by atoms with van der Waals surface area (Å²) >= 11 is 7.22. The zero-order valence-corrected chi connectivity index (χ0v) is 14.8. The van der Waals surface area contributed by atoms with Gasteiger partial charge in [-0.05, 0) is 36.5 Å². The number of pyridine rings is 1. The third-order valence-electron chi connectivity index (χ3n) is 3.32. The number of ether oxygens (including phenoxy) is 1. The summed E-state index contributed by atoms with van der Waals surface area (Å²) in [6.07, 6.45) is 1.38. The van der Waals surface area contributed by atoms with E-state index in [1.807, 2.05) is 0 Å². The molecule has 128 valence electrons. The molecule has 2 heterocycles. The van der Waals surface area contributed by atoms with Crippen LogP contribution in [-0.2, 0) is 0 Å². The van der Waals surface area contributed by atoms with Crippen LogP contribution in [0.3, 0.4) is 0 Å². The molecule has 25 heavy (non-hydrogen) atoms. The zero-order valence-electron chi connectivity index (χ0n) is 13.2. The predicted octanol–water partition coefficient (Wildman–Crippen LogP) is 3.96. The average molecular weight is 379 g/mol. The Kier molecular flexibility index (Phi) is 4.91. The van der Waals surface area contributed by atoms with E-state index in [1.165, 1.54) is 25.4 Å². The molecule has 0 saturated carbocycles. The van der Waals surface area contributed by atoms with Crippen molar-refractivity contribution >= 4 is 34.0 Å². The molecule has 2 aromatic heterocycles. The highest BCUT2D eigenvalue weighted by molar-refractivity contribution is 7.17. The van der Waals surface area contributed by atoms with Crippen LogP contribution in [0, 0.1) is 12.7 Å². The van der Waals surface area contributed by atoms with Crippen LogP contribution in [0.1, 0.15) is 16.1 Å². The van der Waals surface area contributed by atoms with Gasteiger partial charge in [-0.3, -0.25) is 15.1 Å². The highest BCUT2D eigenvalue weighted by atomic mass is 35.5. The van der Waals surface area contributed by atoms with E-state index in [2.05, 4.69) is 20.5 Å². The van der Waals surface area contributed by atoms with Crippen LogP contribution in [0.5, 0.6) is 5.19 Å². The van der Waals surface area contributed by atoms with Crippen molar-refractivity contribution in [3.8, 4) is 16.3 Å². The average Bonchev–Trinajstić information content (AvgIpc) is 3.02. The molecular weight excluding hydrogens is 367 g/mol. The van der Waals surface area contributed by atoms with Gasteiger partial charge < -0.3 is 4.74 Å². The lowest BCUT2D eigenvalue weighted by atomic mass is 9.99. The molecule has 0 saturated heterocycles. The first-order chi connectivity index (χ1) is 12.0. The maximum atomic E-state index is 14.3. The van der Waals surface area contributed by atoms with Gasteiger partial charge in [0, 0.05) is 23.0 Å². The lowest BCUT2D eigenvalue weighted by Crippen LogP contribution is -2.14. The molecule has 3 rings (SSSR count). The molecule has 1 aromatic carbocycles. The number of benzene rings is 1. The summed E-state index contributed by atoms with van der Waals surface area (Å²) in [6, 6.07) is 5.96. The molecule has 9 heteroatoms. The standard InChI is InChI=1S/C16H12ClFN4O2S/c1-8-6-9(13-11(17)4-3-5-12(13)18)10(7-19-8)14(23)20-15-21-22-16(24-2)25-15/h3-7H,1-2H3,(H,20,21,23). The number of aromatic nitrogens is 3. The monoisotopic (exact) mass is 378 g/mol. The van der Waals surface area contributed by atoms with Gasteiger partial charge >= 0.3 is 0 Å². The summed E-state index contributed by atoms with van der Waals surface area (Å²) in [5, 5.41) is 10.9. The second kappa shape index (κ2) is 7.12. The summed E-state index contributed by atoms with van der Waals surface area (Å²) in [7, 11) is 1.45. The number of carbonyl (C=O) groups excluding carboxylic acids is 1. The number of nitrogens with zero attached hydrogens (tertiary/aromatic N) is 3. The number of nitrogens with one attached hydrogen (secondary N) is 1. The molecule has 6 nitrogen and oxygen atoms in total. The van der Waals surface area contributed by atoms with E-state index in [0.29, 0.717) is 16.5 Å². The maximum Gasteiger partial charge on any atom is 0.295 e. The van der Waals surface area contributed by atoms with Gasteiger partial charge in [0.25, 0.3) is 11.1 Å². The molecule has 3 aromatic rings. The number of amides is 1. The largest absolute Gasteiger partial charge is 0.472 e. The van der Waals surface area contributed by atoms with Gasteiger partial charge in [0.1, 0.15) is 5.82 Å². The van der Waals surface area contributed by atoms with Crippen LogP contribution in [0.25, 0.3) is 11.1 Å². The predicted molar refractivity (Wildman–Crippen MR) is 93.8 cm³/mol. The second-order valence-electron chi connectivity index (χ2n) is 5.00. The normalized spacial score (nSPS) is 10.6. The SMILES string of the molecule is COc1nnc(NC(=O)c2cnc(C)cc2-c2c(F)cccc2Cl)s1. The van der Waals surface area contributed by atoms with Crippen molar-refractivity contribution in [2.75, 3.05) is 12.4 Å². The Hall–Kier alpha value is -2.58. The smallest absolute Gasteiger partial charge is 0.295 e. The first-order valence-corrected chi connectivity index (χ1v) is 8.29. The summed E-state index contributed by atoms with van der Waals surface area (Å²) < 4.78 is 19.3. The zero-order chi connectivity index (χ0) is 18.0. The number of carbonyl (C=O) groups is 1. The molecular formula is C16H12ClFN4O2S. The lowest BCUT2D eigenvalue weighted by Gasteiger charge is -2.12. The van der Waals surface area contributed by atoms with Crippen molar-refractivity contribution in [3.05, 3.63) is 52.6 Å². The number of methoxy groups -OCH3 is 1. The van der Waals surface area contributed by atoms with E-state index in [-0.39, 0.29) is 21.3 Å². The minimum absolute atomic E-state index is 0.148. The highest BCUT2D eigenvalue weighted by Crippen LogP contribution is 2.33. The number of aryl methyl sites for hydroxylation is 1. The molecule has 1 amide bonds. The van der Waals surface area contributed by atoms with Crippen LogP contribution < -0.4 is 10.1 Å². The van der Waals surface area contributed by atoms with E-state index < -0.39 is 11.7 Å². The van der Waals surface area contributed by atoms with Crippen molar-refractivity contribution in [3.63, 3.8) is 0 Å². The van der Waals surface area contributed by atoms with Crippen molar-refractivity contribution in [1.29, 1.82) is 0 Å². The number of anilines is 1. The fourth-order valence-corrected chi connectivity index (χ4v) is 3.03. The maximum absolute atomic E-state index is 14.3. The molecule has 0 fully saturated rings. The number of halogens is 2. The number of hydrogen-bond acceptors (Lipinski definition) is 6. The number of rotatable bonds is 4. The first-order valence-electron chi connectivity index (χ1n) is 7.09. The Balaban J connectivity index is 2.03. The first kappa shape index (κ1) is 17.2. The number of hydrogen-bond donors (Lipinski definition) is 1. The Bertz CT molecular complexity index is 927. The lowest BCUT2D eigenvalue weighted by molar-refractivity contribution is 0.102. The Morgan fingerprint density at radius 2 is 2.16 bits per heavy atom. The van der Waals surface area contributed by atoms with E-state index in [0.717, 1.165) is 11.3 Å². The van der Waals surface area contributed by atoms with Gasteiger partial charge in [-0.1, -0.05) is 22.8 Å². The van der Waals surface area contributed by atoms with Crippen LogP contribution in [-0.4, -0.2) is 28.2 Å². The van der Waals surface area contributed by atoms with E-state index >= 15 is 0 Å². The fourth-order valence-electron chi connectivity index (χ4n) is 2.21. The fraction of sp³-hybridized carbons (Fsp3) is 0.125. The van der Waals surface area contributed by atoms with Crippen molar-refractivity contribution in [1.82, 2.24) is 15.2 Å². The van der Waals surface area contributed by atoms with Crippen LogP contribution >= 0.6 is 22.9 Å². The molecule has 0 atom stereocenters. The third kappa shape index (κ3) is 3.59. The van der Waals surface area contributed by atoms with Crippen LogP contribution in [0.15, 0.2) is 30.5 Å². The Morgan fingerprint density at radius 3 is 2.84 bits per heavy atom. The molecule has 0 radical (unpaired) electrons. The van der Waals surface area contributed by atoms with Gasteiger partial charge in [-0.15, -0.1) is 5.10 Å².